The maximum atomic E-state index is 12.1. The largest absolute Gasteiger partial charge is 0.398 e. The highest BCUT2D eigenvalue weighted by Gasteiger charge is 2.27. The van der Waals surface area contributed by atoms with Crippen LogP contribution in [-0.4, -0.2) is 51.6 Å². The summed E-state index contributed by atoms with van der Waals surface area (Å²) in [5, 5.41) is 1.54. The average Bonchev–Trinajstić information content (AvgIpc) is 2.86. The van der Waals surface area contributed by atoms with Gasteiger partial charge < -0.3 is 15.4 Å². The van der Waals surface area contributed by atoms with E-state index in [0.29, 0.717) is 32.0 Å². The summed E-state index contributed by atoms with van der Waals surface area (Å²) in [5.41, 5.74) is 5.90. The Balaban J connectivity index is 2.03. The molecule has 0 spiro atoms. The molecule has 2 heterocycles. The Morgan fingerprint density at radius 3 is 2.70 bits per heavy atom. The van der Waals surface area contributed by atoms with E-state index in [2.05, 4.69) is 4.72 Å². The smallest absolute Gasteiger partial charge is 0.250 e. The number of sulfonamides is 1. The summed E-state index contributed by atoms with van der Waals surface area (Å²) in [6.45, 7) is 3.46. The molecule has 1 amide bonds. The van der Waals surface area contributed by atoms with Crippen molar-refractivity contribution in [2.24, 2.45) is 0 Å². The van der Waals surface area contributed by atoms with Gasteiger partial charge in [-0.15, -0.1) is 11.3 Å². The normalized spacial score (nSPS) is 17.9. The monoisotopic (exact) mass is 319 g/mol. The first-order valence-corrected chi connectivity index (χ1v) is 8.49. The number of carbonyl (C=O) groups is 1. The van der Waals surface area contributed by atoms with E-state index in [-0.39, 0.29) is 10.1 Å². The van der Waals surface area contributed by atoms with Gasteiger partial charge in [0.25, 0.3) is 10.0 Å². The third kappa shape index (κ3) is 3.48. The van der Waals surface area contributed by atoms with Gasteiger partial charge in [0.05, 0.1) is 19.3 Å². The third-order valence-electron chi connectivity index (χ3n) is 2.89. The fraction of sp³-hybridized carbons (Fsp3) is 0.545. The molecule has 112 valence electrons. The van der Waals surface area contributed by atoms with E-state index >= 15 is 0 Å². The van der Waals surface area contributed by atoms with Gasteiger partial charge >= 0.3 is 0 Å². The number of ether oxygens (including phenoxy) is 1. The second kappa shape index (κ2) is 6.08. The maximum Gasteiger partial charge on any atom is 0.250 e. The molecule has 1 atom stereocenters. The number of nitrogen functional groups attached to an aromatic ring is 1. The Kier molecular flexibility index (Phi) is 4.63. The highest BCUT2D eigenvalue weighted by atomic mass is 32.2. The Hall–Kier alpha value is -1.16. The van der Waals surface area contributed by atoms with E-state index in [1.165, 1.54) is 13.0 Å². The zero-order valence-electron chi connectivity index (χ0n) is 11.0. The van der Waals surface area contributed by atoms with Gasteiger partial charge in [0.2, 0.25) is 5.91 Å². The van der Waals surface area contributed by atoms with Crippen LogP contribution in [0, 0.1) is 0 Å². The summed E-state index contributed by atoms with van der Waals surface area (Å²) in [5.74, 6) is -0.249. The van der Waals surface area contributed by atoms with Gasteiger partial charge in [0.1, 0.15) is 4.21 Å². The zero-order chi connectivity index (χ0) is 14.8. The predicted octanol–water partition coefficient (Wildman–Crippen LogP) is -0.144. The summed E-state index contributed by atoms with van der Waals surface area (Å²) in [6, 6.07) is 0.556. The Morgan fingerprint density at radius 2 is 2.15 bits per heavy atom. The van der Waals surface area contributed by atoms with Gasteiger partial charge in [-0.2, -0.15) is 4.72 Å². The molecular weight excluding hydrogens is 302 g/mol. The number of carbonyl (C=O) groups excluding carboxylic acids is 1. The highest BCUT2D eigenvalue weighted by Crippen LogP contribution is 2.21. The summed E-state index contributed by atoms with van der Waals surface area (Å²) < 4.78 is 31.8. The van der Waals surface area contributed by atoms with Crippen LogP contribution >= 0.6 is 11.3 Å². The van der Waals surface area contributed by atoms with Gasteiger partial charge in [-0.1, -0.05) is 0 Å². The van der Waals surface area contributed by atoms with E-state index in [9.17, 15) is 13.2 Å². The summed E-state index contributed by atoms with van der Waals surface area (Å²) in [7, 11) is -3.71. The van der Waals surface area contributed by atoms with E-state index in [1.54, 1.807) is 10.3 Å². The second-order valence-corrected chi connectivity index (χ2v) is 7.33. The molecule has 0 aliphatic carbocycles. The molecule has 0 radical (unpaired) electrons. The van der Waals surface area contributed by atoms with E-state index in [0.717, 1.165) is 11.3 Å². The Bertz CT molecular complexity index is 578. The van der Waals surface area contributed by atoms with E-state index in [4.69, 9.17) is 10.5 Å². The van der Waals surface area contributed by atoms with Crippen molar-refractivity contribution >= 4 is 33.0 Å². The minimum Gasteiger partial charge on any atom is -0.398 e. The summed E-state index contributed by atoms with van der Waals surface area (Å²) in [4.78, 5) is 13.7. The molecule has 1 saturated heterocycles. The number of nitrogens with two attached hydrogens (primary N) is 1. The lowest BCUT2D eigenvalue weighted by atomic mass is 10.3. The number of nitrogens with zero attached hydrogens (tertiary/aromatic N) is 1. The zero-order valence-corrected chi connectivity index (χ0v) is 12.7. The number of hydrogen-bond donors (Lipinski definition) is 2. The number of nitrogens with one attached hydrogen (secondary N) is 1. The van der Waals surface area contributed by atoms with Gasteiger partial charge in [0, 0.05) is 24.2 Å². The molecule has 0 saturated carbocycles. The molecule has 2 rings (SSSR count). The van der Waals surface area contributed by atoms with Crippen molar-refractivity contribution in [1.82, 2.24) is 9.62 Å². The van der Waals surface area contributed by atoms with Crippen molar-refractivity contribution in [3.8, 4) is 0 Å². The predicted molar refractivity (Wildman–Crippen MR) is 75.9 cm³/mol. The maximum absolute atomic E-state index is 12.1. The number of anilines is 1. The number of morpholine rings is 1. The van der Waals surface area contributed by atoms with Crippen molar-refractivity contribution in [2.75, 3.05) is 32.0 Å². The minimum absolute atomic E-state index is 0.108. The van der Waals surface area contributed by atoms with E-state index < -0.39 is 16.1 Å². The Morgan fingerprint density at radius 1 is 1.50 bits per heavy atom. The molecule has 1 aromatic heterocycles. The number of amides is 1. The van der Waals surface area contributed by atoms with Crippen molar-refractivity contribution < 1.29 is 17.9 Å². The Labute approximate surface area is 121 Å². The third-order valence-corrected chi connectivity index (χ3v) is 5.88. The topological polar surface area (TPSA) is 102 Å². The van der Waals surface area contributed by atoms with Crippen LogP contribution in [0.3, 0.4) is 0 Å². The van der Waals surface area contributed by atoms with Crippen molar-refractivity contribution in [1.29, 1.82) is 0 Å². The molecule has 1 fully saturated rings. The van der Waals surface area contributed by atoms with Gasteiger partial charge in [-0.05, 0) is 13.0 Å². The highest BCUT2D eigenvalue weighted by molar-refractivity contribution is 7.91. The average molecular weight is 319 g/mol. The molecule has 20 heavy (non-hydrogen) atoms. The second-order valence-electron chi connectivity index (χ2n) is 4.48. The van der Waals surface area contributed by atoms with Crippen molar-refractivity contribution in [2.45, 2.75) is 17.2 Å². The van der Waals surface area contributed by atoms with Crippen LogP contribution in [0.2, 0.25) is 0 Å². The van der Waals surface area contributed by atoms with Gasteiger partial charge in [-0.3, -0.25) is 4.79 Å². The lowest BCUT2D eigenvalue weighted by Gasteiger charge is -2.29. The molecule has 1 aliphatic rings. The first-order valence-electron chi connectivity index (χ1n) is 6.13. The first-order chi connectivity index (χ1) is 9.40. The van der Waals surface area contributed by atoms with Crippen LogP contribution in [0.4, 0.5) is 5.69 Å². The van der Waals surface area contributed by atoms with Crippen molar-refractivity contribution in [3.63, 3.8) is 0 Å². The molecule has 3 N–H and O–H groups in total. The molecular formula is C11H17N3O4S2. The summed E-state index contributed by atoms with van der Waals surface area (Å²) >= 11 is 1.03. The molecule has 9 heteroatoms. The van der Waals surface area contributed by atoms with E-state index in [1.807, 2.05) is 0 Å². The standard InChI is InChI=1S/C11H17N3O4S2/c1-8(11(15)14-2-4-18-5-3-14)13-20(16,17)10-6-9(12)7-19-10/h6-8,13H,2-5,12H2,1H3. The van der Waals surface area contributed by atoms with Gasteiger partial charge in [-0.25, -0.2) is 8.42 Å². The summed E-state index contributed by atoms with van der Waals surface area (Å²) in [6.07, 6.45) is 0. The fourth-order valence-electron chi connectivity index (χ4n) is 1.87. The molecule has 1 aromatic rings. The molecule has 1 unspecified atom stereocenters. The fourth-order valence-corrected chi connectivity index (χ4v) is 4.16. The lowest BCUT2D eigenvalue weighted by Crippen LogP contribution is -2.50. The van der Waals surface area contributed by atoms with Gasteiger partial charge in [0.15, 0.2) is 0 Å². The van der Waals surface area contributed by atoms with Crippen LogP contribution in [0.5, 0.6) is 0 Å². The first kappa shape index (κ1) is 15.2. The molecule has 7 nitrogen and oxygen atoms in total. The quantitative estimate of drug-likeness (QED) is 0.804. The number of rotatable bonds is 4. The van der Waals surface area contributed by atoms with Crippen LogP contribution < -0.4 is 10.5 Å². The number of hydrogen-bond acceptors (Lipinski definition) is 6. The molecule has 0 aromatic carbocycles. The van der Waals surface area contributed by atoms with Crippen molar-refractivity contribution in [3.05, 3.63) is 11.4 Å². The number of thiophene rings is 1. The van der Waals surface area contributed by atoms with Crippen LogP contribution in [0.1, 0.15) is 6.92 Å². The van der Waals surface area contributed by atoms with Crippen LogP contribution in [-0.2, 0) is 19.6 Å². The lowest BCUT2D eigenvalue weighted by molar-refractivity contribution is -0.136. The minimum atomic E-state index is -3.71. The molecule has 1 aliphatic heterocycles. The van der Waals surface area contributed by atoms with Crippen LogP contribution in [0.15, 0.2) is 15.7 Å². The molecule has 0 bridgehead atoms. The SMILES string of the molecule is CC(NS(=O)(=O)c1cc(N)cs1)C(=O)N1CCOCC1. The van der Waals surface area contributed by atoms with Crippen LogP contribution in [0.25, 0.3) is 0 Å².